The molecular weight excluding hydrogens is 368 g/mol. The number of hydrogen-bond donors (Lipinski definition) is 1. The number of nitrogens with one attached hydrogen (secondary N) is 1. The Hall–Kier alpha value is -3.19. The van der Waals surface area contributed by atoms with E-state index < -0.39 is 23.8 Å². The lowest BCUT2D eigenvalue weighted by molar-refractivity contribution is -0.131. The number of rotatable bonds is 4. The minimum atomic E-state index is -1.20. The normalized spacial score (nSPS) is 17.4. The number of aliphatic imine (C=N–C) groups is 1. The summed E-state index contributed by atoms with van der Waals surface area (Å²) in [7, 11) is 3.84. The quantitative estimate of drug-likeness (QED) is 0.649. The van der Waals surface area contributed by atoms with E-state index in [1.807, 2.05) is 31.1 Å². The second kappa shape index (κ2) is 7.59. The van der Waals surface area contributed by atoms with Crippen molar-refractivity contribution in [3.05, 3.63) is 53.6 Å². The fraction of sp³-hybridized carbons (Fsp3) is 0.158. The van der Waals surface area contributed by atoms with E-state index >= 15 is 0 Å². The molecule has 0 aromatic heterocycles. The molecule has 1 saturated heterocycles. The Bertz CT molecular complexity index is 908. The molecular formula is C19H17ClN4O3. The van der Waals surface area contributed by atoms with Crippen molar-refractivity contribution in [1.29, 1.82) is 0 Å². The number of halogens is 1. The molecule has 0 spiro atoms. The lowest BCUT2D eigenvalue weighted by atomic mass is 10.1. The van der Waals surface area contributed by atoms with E-state index in [1.165, 1.54) is 18.3 Å². The molecule has 1 heterocycles. The third-order valence-electron chi connectivity index (χ3n) is 4.03. The van der Waals surface area contributed by atoms with Gasteiger partial charge in [-0.05, 0) is 48.5 Å². The highest BCUT2D eigenvalue weighted by Gasteiger charge is 2.40. The highest BCUT2D eigenvalue weighted by atomic mass is 35.5. The van der Waals surface area contributed by atoms with Crippen molar-refractivity contribution in [3.63, 3.8) is 0 Å². The molecule has 7 nitrogen and oxygen atoms in total. The van der Waals surface area contributed by atoms with Crippen LogP contribution in [0.15, 0.2) is 53.5 Å². The van der Waals surface area contributed by atoms with Crippen molar-refractivity contribution >= 4 is 52.7 Å². The Kier molecular flexibility index (Phi) is 5.23. The van der Waals surface area contributed by atoms with Gasteiger partial charge in [0.15, 0.2) is 5.92 Å². The van der Waals surface area contributed by atoms with Crippen molar-refractivity contribution < 1.29 is 14.4 Å². The van der Waals surface area contributed by atoms with Gasteiger partial charge in [-0.2, -0.15) is 0 Å². The maximum Gasteiger partial charge on any atom is 0.335 e. The van der Waals surface area contributed by atoms with Gasteiger partial charge in [-0.1, -0.05) is 11.6 Å². The van der Waals surface area contributed by atoms with Crippen LogP contribution in [0.4, 0.5) is 21.9 Å². The molecule has 0 bridgehead atoms. The molecule has 2 aromatic carbocycles. The summed E-state index contributed by atoms with van der Waals surface area (Å²) in [6.45, 7) is 0. The van der Waals surface area contributed by atoms with Crippen molar-refractivity contribution in [2.45, 2.75) is 0 Å². The fourth-order valence-electron chi connectivity index (χ4n) is 2.55. The largest absolute Gasteiger partial charge is 0.378 e. The molecule has 2 aromatic rings. The average Bonchev–Trinajstić information content (AvgIpc) is 2.63. The first-order valence-corrected chi connectivity index (χ1v) is 8.50. The Morgan fingerprint density at radius 3 is 2.26 bits per heavy atom. The van der Waals surface area contributed by atoms with E-state index in [-0.39, 0.29) is 0 Å². The molecule has 27 heavy (non-hydrogen) atoms. The van der Waals surface area contributed by atoms with Gasteiger partial charge in [0.05, 0.1) is 11.4 Å². The van der Waals surface area contributed by atoms with Gasteiger partial charge in [-0.15, -0.1) is 0 Å². The van der Waals surface area contributed by atoms with Crippen molar-refractivity contribution in [2.24, 2.45) is 10.9 Å². The van der Waals surface area contributed by atoms with Crippen LogP contribution in [-0.4, -0.2) is 38.2 Å². The van der Waals surface area contributed by atoms with Gasteiger partial charge < -0.3 is 4.90 Å². The maximum atomic E-state index is 12.7. The highest BCUT2D eigenvalue weighted by molar-refractivity contribution is 6.33. The smallest absolute Gasteiger partial charge is 0.335 e. The number of imide groups is 2. The monoisotopic (exact) mass is 384 g/mol. The molecule has 1 aliphatic rings. The van der Waals surface area contributed by atoms with Crippen molar-refractivity contribution in [2.75, 3.05) is 23.9 Å². The summed E-state index contributed by atoms with van der Waals surface area (Å²) in [5.74, 6) is -2.57. The van der Waals surface area contributed by atoms with Crippen LogP contribution in [0.3, 0.4) is 0 Å². The van der Waals surface area contributed by atoms with E-state index in [0.717, 1.165) is 10.6 Å². The number of benzene rings is 2. The van der Waals surface area contributed by atoms with Gasteiger partial charge in [0.1, 0.15) is 0 Å². The first-order chi connectivity index (χ1) is 12.9. The van der Waals surface area contributed by atoms with Crippen LogP contribution in [0.25, 0.3) is 0 Å². The second-order valence-electron chi connectivity index (χ2n) is 6.11. The third kappa shape index (κ3) is 3.98. The fourth-order valence-corrected chi connectivity index (χ4v) is 2.68. The molecule has 8 heteroatoms. The number of carbonyl (C=O) groups excluding carboxylic acids is 3. The number of amides is 4. The van der Waals surface area contributed by atoms with Crippen LogP contribution < -0.4 is 15.1 Å². The van der Waals surface area contributed by atoms with Gasteiger partial charge in [0.25, 0.3) is 5.91 Å². The van der Waals surface area contributed by atoms with Gasteiger partial charge >= 0.3 is 6.03 Å². The zero-order chi connectivity index (χ0) is 19.6. The summed E-state index contributed by atoms with van der Waals surface area (Å²) >= 11 is 5.84. The van der Waals surface area contributed by atoms with E-state index in [4.69, 9.17) is 11.6 Å². The van der Waals surface area contributed by atoms with Gasteiger partial charge in [0, 0.05) is 31.0 Å². The second-order valence-corrected chi connectivity index (χ2v) is 6.55. The molecule has 0 saturated carbocycles. The molecule has 1 fully saturated rings. The van der Waals surface area contributed by atoms with Gasteiger partial charge in [-0.3, -0.25) is 19.9 Å². The van der Waals surface area contributed by atoms with Crippen LogP contribution in [0, 0.1) is 5.92 Å². The summed E-state index contributed by atoms with van der Waals surface area (Å²) in [5.41, 5.74) is 1.92. The number of nitrogens with zero attached hydrogens (tertiary/aromatic N) is 3. The van der Waals surface area contributed by atoms with E-state index in [1.54, 1.807) is 24.3 Å². The number of barbiturate groups is 1. The molecule has 0 aliphatic carbocycles. The molecule has 4 amide bonds. The minimum Gasteiger partial charge on any atom is -0.378 e. The Morgan fingerprint density at radius 2 is 1.67 bits per heavy atom. The summed E-state index contributed by atoms with van der Waals surface area (Å²) < 4.78 is 0. The summed E-state index contributed by atoms with van der Waals surface area (Å²) in [5, 5.41) is 2.65. The van der Waals surface area contributed by atoms with Gasteiger partial charge in [0.2, 0.25) is 5.91 Å². The molecule has 1 aliphatic heterocycles. The number of urea groups is 1. The lowest BCUT2D eigenvalue weighted by Gasteiger charge is -2.28. The Labute approximate surface area is 161 Å². The summed E-state index contributed by atoms with van der Waals surface area (Å²) in [6, 6.07) is 12.7. The number of hydrogen-bond acceptors (Lipinski definition) is 5. The molecule has 1 atom stereocenters. The first-order valence-electron chi connectivity index (χ1n) is 8.13. The topological polar surface area (TPSA) is 82.1 Å². The SMILES string of the molecule is CN(C)c1ccc(N=C[C@@H]2C(=O)NC(=O)N(c3ccc(Cl)cc3)C2=O)cc1. The highest BCUT2D eigenvalue weighted by Crippen LogP contribution is 2.23. The molecule has 138 valence electrons. The van der Waals surface area contributed by atoms with E-state index in [2.05, 4.69) is 10.3 Å². The predicted molar refractivity (Wildman–Crippen MR) is 105 cm³/mol. The Morgan fingerprint density at radius 1 is 1.04 bits per heavy atom. The van der Waals surface area contributed by atoms with Crippen molar-refractivity contribution in [1.82, 2.24) is 5.32 Å². The maximum absolute atomic E-state index is 12.7. The van der Waals surface area contributed by atoms with E-state index in [9.17, 15) is 14.4 Å². The lowest BCUT2D eigenvalue weighted by Crippen LogP contribution is -2.58. The van der Waals surface area contributed by atoms with Crippen LogP contribution in [-0.2, 0) is 9.59 Å². The minimum absolute atomic E-state index is 0.322. The summed E-state index contributed by atoms with van der Waals surface area (Å²) in [4.78, 5) is 44.0. The van der Waals surface area contributed by atoms with Gasteiger partial charge in [-0.25, -0.2) is 9.69 Å². The molecule has 0 unspecified atom stereocenters. The van der Waals surface area contributed by atoms with E-state index in [0.29, 0.717) is 16.4 Å². The van der Waals surface area contributed by atoms with Crippen LogP contribution >= 0.6 is 11.6 Å². The molecule has 3 rings (SSSR count). The standard InChI is InChI=1S/C19H17ClN4O3/c1-23(2)14-9-5-13(6-10-14)21-11-16-17(25)22-19(27)24(18(16)26)15-7-3-12(20)4-8-15/h3-11,16H,1-2H3,(H,22,25,27)/t16-/m1/s1. The average molecular weight is 385 g/mol. The van der Waals surface area contributed by atoms with Crippen molar-refractivity contribution in [3.8, 4) is 0 Å². The van der Waals surface area contributed by atoms with Crippen LogP contribution in [0.5, 0.6) is 0 Å². The Balaban J connectivity index is 1.83. The molecule has 1 N–H and O–H groups in total. The number of anilines is 2. The third-order valence-corrected chi connectivity index (χ3v) is 4.28. The van der Waals surface area contributed by atoms with Crippen LogP contribution in [0.1, 0.15) is 0 Å². The molecule has 0 radical (unpaired) electrons. The number of carbonyl (C=O) groups is 3. The first kappa shape index (κ1) is 18.6. The zero-order valence-electron chi connectivity index (χ0n) is 14.7. The summed E-state index contributed by atoms with van der Waals surface area (Å²) in [6.07, 6.45) is 1.25. The van der Waals surface area contributed by atoms with Crippen LogP contribution in [0.2, 0.25) is 5.02 Å². The zero-order valence-corrected chi connectivity index (χ0v) is 15.5. The predicted octanol–water partition coefficient (Wildman–Crippen LogP) is 3.01.